The quantitative estimate of drug-likeness (QED) is 0.507. The molecule has 1 saturated heterocycles. The van der Waals surface area contributed by atoms with Gasteiger partial charge < -0.3 is 4.90 Å². The van der Waals surface area contributed by atoms with E-state index in [0.717, 1.165) is 5.84 Å². The number of aliphatic imine (C=N–C) groups is 1. The summed E-state index contributed by atoms with van der Waals surface area (Å²) < 4.78 is 0. The number of likely N-dealkylation sites (tertiary alicyclic amines) is 1. The molecule has 3 nitrogen and oxygen atoms in total. The van der Waals surface area contributed by atoms with Crippen molar-refractivity contribution in [2.24, 2.45) is 16.8 Å². The Labute approximate surface area is 67.1 Å². The first-order chi connectivity index (χ1) is 5.09. The van der Waals surface area contributed by atoms with E-state index in [2.05, 4.69) is 4.99 Å². The van der Waals surface area contributed by atoms with Crippen LogP contribution in [0.25, 0.3) is 0 Å². The van der Waals surface area contributed by atoms with Gasteiger partial charge in [0.25, 0.3) is 0 Å². The number of carbonyl (C=O) groups excluding carboxylic acids is 1. The van der Waals surface area contributed by atoms with Crippen molar-refractivity contribution >= 4 is 11.7 Å². The first-order valence-corrected chi connectivity index (χ1v) is 3.83. The molecule has 11 heavy (non-hydrogen) atoms. The summed E-state index contributed by atoms with van der Waals surface area (Å²) in [6, 6.07) is 0. The van der Waals surface area contributed by atoms with E-state index in [1.807, 2.05) is 13.8 Å². The van der Waals surface area contributed by atoms with Gasteiger partial charge in [0, 0.05) is 25.9 Å². The highest BCUT2D eigenvalue weighted by atomic mass is 16.2. The second kappa shape index (κ2) is 2.64. The number of amidine groups is 1. The summed E-state index contributed by atoms with van der Waals surface area (Å²) in [6.45, 7) is 3.98. The van der Waals surface area contributed by atoms with E-state index in [-0.39, 0.29) is 17.7 Å². The zero-order valence-electron chi connectivity index (χ0n) is 7.46. The Morgan fingerprint density at radius 1 is 1.36 bits per heavy atom. The van der Waals surface area contributed by atoms with E-state index in [1.54, 1.807) is 19.0 Å². The van der Waals surface area contributed by atoms with Gasteiger partial charge in [-0.3, -0.25) is 9.79 Å². The van der Waals surface area contributed by atoms with Crippen molar-refractivity contribution in [2.75, 3.05) is 14.1 Å². The minimum Gasteiger partial charge on any atom is -0.303 e. The van der Waals surface area contributed by atoms with E-state index in [0.29, 0.717) is 0 Å². The van der Waals surface area contributed by atoms with Crippen molar-refractivity contribution in [3.63, 3.8) is 0 Å². The zero-order chi connectivity index (χ0) is 8.59. The van der Waals surface area contributed by atoms with Crippen molar-refractivity contribution in [1.82, 2.24) is 4.90 Å². The van der Waals surface area contributed by atoms with Gasteiger partial charge in [0.2, 0.25) is 5.91 Å². The number of carbonyl (C=O) groups is 1. The Morgan fingerprint density at radius 2 is 1.91 bits per heavy atom. The molecule has 1 amide bonds. The lowest BCUT2D eigenvalue weighted by molar-refractivity contribution is -0.128. The predicted octanol–water partition coefficient (Wildman–Crippen LogP) is 0.759. The second-order valence-corrected chi connectivity index (χ2v) is 3.06. The van der Waals surface area contributed by atoms with Crippen LogP contribution in [0.3, 0.4) is 0 Å². The highest BCUT2D eigenvalue weighted by Crippen LogP contribution is 2.24. The second-order valence-electron chi connectivity index (χ2n) is 3.06. The normalized spacial score (nSPS) is 35.5. The van der Waals surface area contributed by atoms with Crippen LogP contribution in [0.2, 0.25) is 0 Å². The lowest BCUT2D eigenvalue weighted by atomic mass is 9.99. The Kier molecular flexibility index (Phi) is 1.98. The minimum atomic E-state index is 0.0960. The Morgan fingerprint density at radius 3 is 2.09 bits per heavy atom. The summed E-state index contributed by atoms with van der Waals surface area (Å²) in [7, 11) is 3.51. The average Bonchev–Trinajstić information content (AvgIpc) is 2.17. The molecule has 0 N–H and O–H groups in total. The molecule has 2 atom stereocenters. The monoisotopic (exact) mass is 154 g/mol. The molecule has 1 aliphatic rings. The topological polar surface area (TPSA) is 32.7 Å². The van der Waals surface area contributed by atoms with Crippen LogP contribution in [0, 0.1) is 11.8 Å². The molecule has 0 aliphatic carbocycles. The zero-order valence-corrected chi connectivity index (χ0v) is 7.46. The fourth-order valence-corrected chi connectivity index (χ4v) is 1.51. The molecule has 0 radical (unpaired) electrons. The Bertz CT molecular complexity index is 210. The standard InChI is InChI=1S/C8H14N2O/c1-5-6(2)8(11)10(4)7(5)9-3/h5-6H,1-4H3/b9-7-. The molecule has 62 valence electrons. The lowest BCUT2D eigenvalue weighted by Crippen LogP contribution is -2.26. The third-order valence-corrected chi connectivity index (χ3v) is 2.45. The Balaban J connectivity index is 2.95. The fourth-order valence-electron chi connectivity index (χ4n) is 1.51. The van der Waals surface area contributed by atoms with Crippen molar-refractivity contribution in [1.29, 1.82) is 0 Å². The number of amides is 1. The van der Waals surface area contributed by atoms with Crippen LogP contribution < -0.4 is 0 Å². The van der Waals surface area contributed by atoms with Crippen molar-refractivity contribution in [3.8, 4) is 0 Å². The van der Waals surface area contributed by atoms with Crippen LogP contribution >= 0.6 is 0 Å². The molecule has 1 heterocycles. The fraction of sp³-hybridized carbons (Fsp3) is 0.750. The van der Waals surface area contributed by atoms with Crippen LogP contribution in [0.4, 0.5) is 0 Å². The molecule has 0 bridgehead atoms. The van der Waals surface area contributed by atoms with E-state index in [9.17, 15) is 4.79 Å². The molecular weight excluding hydrogens is 140 g/mol. The van der Waals surface area contributed by atoms with Gasteiger partial charge in [-0.25, -0.2) is 0 Å². The first kappa shape index (κ1) is 8.24. The summed E-state index contributed by atoms with van der Waals surface area (Å²) in [5, 5.41) is 0. The van der Waals surface area contributed by atoms with Gasteiger partial charge in [0.05, 0.1) is 0 Å². The molecule has 1 aliphatic heterocycles. The summed E-state index contributed by atoms with van der Waals surface area (Å²) in [4.78, 5) is 17.1. The first-order valence-electron chi connectivity index (χ1n) is 3.83. The molecular formula is C8H14N2O. The van der Waals surface area contributed by atoms with Crippen molar-refractivity contribution < 1.29 is 4.79 Å². The molecule has 1 rings (SSSR count). The number of rotatable bonds is 0. The van der Waals surface area contributed by atoms with Crippen LogP contribution in [-0.2, 0) is 4.79 Å². The predicted molar refractivity (Wildman–Crippen MR) is 44.5 cm³/mol. The van der Waals surface area contributed by atoms with Gasteiger partial charge in [-0.1, -0.05) is 13.8 Å². The minimum absolute atomic E-state index is 0.0960. The number of hydrogen-bond donors (Lipinski definition) is 0. The van der Waals surface area contributed by atoms with E-state index in [4.69, 9.17) is 0 Å². The summed E-state index contributed by atoms with van der Waals surface area (Å²) in [5.74, 6) is 1.46. The van der Waals surface area contributed by atoms with Gasteiger partial charge in [0.15, 0.2) is 0 Å². The Hall–Kier alpha value is -0.860. The van der Waals surface area contributed by atoms with E-state index in [1.165, 1.54) is 0 Å². The van der Waals surface area contributed by atoms with Gasteiger partial charge in [0.1, 0.15) is 5.84 Å². The summed E-state index contributed by atoms with van der Waals surface area (Å²) in [5.41, 5.74) is 0. The summed E-state index contributed by atoms with van der Waals surface area (Å²) in [6.07, 6.45) is 0. The van der Waals surface area contributed by atoms with Gasteiger partial charge in [-0.05, 0) is 0 Å². The number of nitrogens with zero attached hydrogens (tertiary/aromatic N) is 2. The van der Waals surface area contributed by atoms with Crippen LogP contribution in [0.15, 0.2) is 4.99 Å². The maximum atomic E-state index is 11.3. The van der Waals surface area contributed by atoms with E-state index < -0.39 is 0 Å². The van der Waals surface area contributed by atoms with Gasteiger partial charge in [-0.2, -0.15) is 0 Å². The molecule has 0 spiro atoms. The number of hydrogen-bond acceptors (Lipinski definition) is 2. The molecule has 0 aromatic rings. The third kappa shape index (κ3) is 1.04. The summed E-state index contributed by atoms with van der Waals surface area (Å²) >= 11 is 0. The SMILES string of the molecule is C/N=C1/C(C)C(C)C(=O)N1C. The highest BCUT2D eigenvalue weighted by Gasteiger charge is 2.37. The smallest absolute Gasteiger partial charge is 0.231 e. The van der Waals surface area contributed by atoms with Crippen LogP contribution in [-0.4, -0.2) is 30.7 Å². The third-order valence-electron chi connectivity index (χ3n) is 2.45. The molecule has 0 aromatic carbocycles. The van der Waals surface area contributed by atoms with Crippen molar-refractivity contribution in [3.05, 3.63) is 0 Å². The van der Waals surface area contributed by atoms with E-state index >= 15 is 0 Å². The lowest BCUT2D eigenvalue weighted by Gasteiger charge is -2.09. The van der Waals surface area contributed by atoms with Crippen molar-refractivity contribution in [2.45, 2.75) is 13.8 Å². The molecule has 1 fully saturated rings. The van der Waals surface area contributed by atoms with Crippen LogP contribution in [0.5, 0.6) is 0 Å². The molecule has 3 heteroatoms. The van der Waals surface area contributed by atoms with Gasteiger partial charge in [-0.15, -0.1) is 0 Å². The average molecular weight is 154 g/mol. The maximum Gasteiger partial charge on any atom is 0.231 e. The molecule has 2 unspecified atom stereocenters. The largest absolute Gasteiger partial charge is 0.303 e. The molecule has 0 aromatic heterocycles. The highest BCUT2D eigenvalue weighted by molar-refractivity contribution is 6.06. The maximum absolute atomic E-state index is 11.3. The van der Waals surface area contributed by atoms with Crippen LogP contribution in [0.1, 0.15) is 13.8 Å². The van der Waals surface area contributed by atoms with Gasteiger partial charge >= 0.3 is 0 Å². The molecule has 0 saturated carbocycles.